The lowest BCUT2D eigenvalue weighted by Gasteiger charge is -2.33. The molecule has 1 aliphatic rings. The molecule has 1 fully saturated rings. The van der Waals surface area contributed by atoms with Gasteiger partial charge in [-0.15, -0.1) is 0 Å². The van der Waals surface area contributed by atoms with Crippen molar-refractivity contribution in [1.82, 2.24) is 10.0 Å². The van der Waals surface area contributed by atoms with Gasteiger partial charge in [-0.25, -0.2) is 13.1 Å². The lowest BCUT2D eigenvalue weighted by atomic mass is 9.73. The average molecular weight is 340 g/mol. The second kappa shape index (κ2) is 6.67. The van der Waals surface area contributed by atoms with E-state index >= 15 is 0 Å². The highest BCUT2D eigenvalue weighted by Gasteiger charge is 2.41. The maximum absolute atomic E-state index is 12.1. The molecular formula is C15H20N2O5S. The Morgan fingerprint density at radius 2 is 1.74 bits per heavy atom. The van der Waals surface area contributed by atoms with Gasteiger partial charge >= 0.3 is 5.97 Å². The summed E-state index contributed by atoms with van der Waals surface area (Å²) >= 11 is 0. The number of rotatable bonds is 6. The minimum Gasteiger partial charge on any atom is -0.481 e. The van der Waals surface area contributed by atoms with Crippen LogP contribution in [0.15, 0.2) is 29.2 Å². The number of benzene rings is 1. The van der Waals surface area contributed by atoms with Crippen molar-refractivity contribution in [2.75, 3.05) is 7.05 Å². The van der Waals surface area contributed by atoms with E-state index < -0.39 is 27.8 Å². The van der Waals surface area contributed by atoms with Gasteiger partial charge in [0.1, 0.15) is 0 Å². The van der Waals surface area contributed by atoms with E-state index in [0.29, 0.717) is 12.8 Å². The number of amides is 1. The quantitative estimate of drug-likeness (QED) is 0.712. The van der Waals surface area contributed by atoms with Crippen LogP contribution in [0.2, 0.25) is 0 Å². The maximum Gasteiger partial charge on any atom is 0.307 e. The van der Waals surface area contributed by atoms with Gasteiger partial charge in [0.2, 0.25) is 15.9 Å². The Morgan fingerprint density at radius 3 is 2.17 bits per heavy atom. The van der Waals surface area contributed by atoms with Crippen molar-refractivity contribution in [3.8, 4) is 0 Å². The van der Waals surface area contributed by atoms with Gasteiger partial charge < -0.3 is 10.4 Å². The Morgan fingerprint density at radius 1 is 1.17 bits per heavy atom. The fourth-order valence-electron chi connectivity index (χ4n) is 2.57. The predicted octanol–water partition coefficient (Wildman–Crippen LogP) is 0.883. The zero-order chi connectivity index (χ0) is 17.2. The van der Waals surface area contributed by atoms with E-state index in [-0.39, 0.29) is 16.8 Å². The molecule has 1 aromatic rings. The third-order valence-electron chi connectivity index (χ3n) is 4.25. The second-order valence-corrected chi connectivity index (χ2v) is 7.52. The van der Waals surface area contributed by atoms with Gasteiger partial charge in [0.05, 0.1) is 22.8 Å². The zero-order valence-corrected chi connectivity index (χ0v) is 13.8. The molecule has 3 N–H and O–H groups in total. The molecule has 7 nitrogen and oxygen atoms in total. The summed E-state index contributed by atoms with van der Waals surface area (Å²) in [6, 6.07) is 5.86. The highest BCUT2D eigenvalue weighted by molar-refractivity contribution is 7.89. The summed E-state index contributed by atoms with van der Waals surface area (Å²) in [7, 11) is -2.15. The monoisotopic (exact) mass is 340 g/mol. The molecule has 0 bridgehead atoms. The number of carboxylic acid groups (broad SMARTS) is 1. The number of aliphatic carboxylic acids is 1. The van der Waals surface area contributed by atoms with E-state index in [2.05, 4.69) is 10.0 Å². The first-order chi connectivity index (χ1) is 10.8. The summed E-state index contributed by atoms with van der Waals surface area (Å²) in [5.41, 5.74) is 0.750. The molecule has 0 radical (unpaired) electrons. The summed E-state index contributed by atoms with van der Waals surface area (Å²) in [4.78, 5) is 23.2. The summed E-state index contributed by atoms with van der Waals surface area (Å²) in [5, 5.41) is 11.8. The van der Waals surface area contributed by atoms with E-state index in [4.69, 9.17) is 5.11 Å². The zero-order valence-electron chi connectivity index (χ0n) is 12.9. The number of nitrogens with one attached hydrogen (secondary N) is 2. The first-order valence-corrected chi connectivity index (χ1v) is 8.81. The fraction of sp³-hybridized carbons (Fsp3) is 0.467. The van der Waals surface area contributed by atoms with Gasteiger partial charge in [-0.2, -0.15) is 0 Å². The van der Waals surface area contributed by atoms with Crippen molar-refractivity contribution in [1.29, 1.82) is 0 Å². The predicted molar refractivity (Wildman–Crippen MR) is 83.1 cm³/mol. The molecule has 1 aliphatic carbocycles. The van der Waals surface area contributed by atoms with Crippen molar-refractivity contribution in [2.24, 2.45) is 11.8 Å². The number of carbonyl (C=O) groups excluding carboxylic acids is 1. The van der Waals surface area contributed by atoms with E-state index in [9.17, 15) is 18.0 Å². The molecular weight excluding hydrogens is 320 g/mol. The van der Waals surface area contributed by atoms with Gasteiger partial charge in [-0.3, -0.25) is 9.59 Å². The first kappa shape index (κ1) is 17.4. The Balaban J connectivity index is 2.02. The molecule has 2 rings (SSSR count). The van der Waals surface area contributed by atoms with Crippen LogP contribution in [0, 0.1) is 11.8 Å². The Hall–Kier alpha value is -1.93. The SMILES string of the molecule is CNS(=O)(=O)c1ccc(C(C)NC(=O)C2CCC2C(=O)O)cc1. The molecule has 0 aromatic heterocycles. The molecule has 126 valence electrons. The smallest absolute Gasteiger partial charge is 0.307 e. The molecule has 0 aliphatic heterocycles. The highest BCUT2D eigenvalue weighted by Crippen LogP contribution is 2.35. The van der Waals surface area contributed by atoms with Gasteiger partial charge in [-0.05, 0) is 44.5 Å². The van der Waals surface area contributed by atoms with Crippen molar-refractivity contribution in [3.63, 3.8) is 0 Å². The number of hydrogen-bond donors (Lipinski definition) is 3. The van der Waals surface area contributed by atoms with Gasteiger partial charge in [0.25, 0.3) is 0 Å². The highest BCUT2D eigenvalue weighted by atomic mass is 32.2. The molecule has 3 unspecified atom stereocenters. The van der Waals surface area contributed by atoms with E-state index in [0.717, 1.165) is 5.56 Å². The van der Waals surface area contributed by atoms with Gasteiger partial charge in [0, 0.05) is 0 Å². The van der Waals surface area contributed by atoms with Crippen LogP contribution in [0.5, 0.6) is 0 Å². The standard InChI is InChI=1S/C15H20N2O5S/c1-9(17-14(18)12-7-8-13(12)15(19)20)10-3-5-11(6-4-10)23(21,22)16-2/h3-6,9,12-13,16H,7-8H2,1-2H3,(H,17,18)(H,19,20). The minimum atomic E-state index is -3.49. The molecule has 3 atom stereocenters. The van der Waals surface area contributed by atoms with E-state index in [1.165, 1.54) is 19.2 Å². The molecule has 8 heteroatoms. The number of carbonyl (C=O) groups is 2. The van der Waals surface area contributed by atoms with E-state index in [1.807, 2.05) is 0 Å². The van der Waals surface area contributed by atoms with Crippen LogP contribution in [0.4, 0.5) is 0 Å². The Labute approximate surface area is 135 Å². The maximum atomic E-state index is 12.1. The van der Waals surface area contributed by atoms with Crippen LogP contribution in [-0.2, 0) is 19.6 Å². The van der Waals surface area contributed by atoms with Crippen LogP contribution in [0.1, 0.15) is 31.4 Å². The first-order valence-electron chi connectivity index (χ1n) is 7.33. The average Bonchev–Trinajstić information content (AvgIpc) is 2.45. The Kier molecular flexibility index (Phi) is 5.06. The number of carboxylic acids is 1. The lowest BCUT2D eigenvalue weighted by molar-refractivity contribution is -0.152. The topological polar surface area (TPSA) is 113 Å². The molecule has 23 heavy (non-hydrogen) atoms. The van der Waals surface area contributed by atoms with Crippen molar-refractivity contribution in [3.05, 3.63) is 29.8 Å². The van der Waals surface area contributed by atoms with Crippen LogP contribution < -0.4 is 10.0 Å². The third kappa shape index (κ3) is 3.70. The number of hydrogen-bond acceptors (Lipinski definition) is 4. The molecule has 1 amide bonds. The van der Waals surface area contributed by atoms with Crippen LogP contribution in [-0.4, -0.2) is 32.4 Å². The lowest BCUT2D eigenvalue weighted by Crippen LogP contribution is -2.44. The molecule has 1 aromatic carbocycles. The van der Waals surface area contributed by atoms with Crippen molar-refractivity contribution >= 4 is 21.9 Å². The fourth-order valence-corrected chi connectivity index (χ4v) is 3.30. The summed E-state index contributed by atoms with van der Waals surface area (Å²) < 4.78 is 25.5. The molecule has 0 heterocycles. The van der Waals surface area contributed by atoms with Crippen LogP contribution in [0.3, 0.4) is 0 Å². The molecule has 0 spiro atoms. The van der Waals surface area contributed by atoms with Gasteiger partial charge in [0.15, 0.2) is 0 Å². The Bertz CT molecular complexity index is 699. The molecule has 0 saturated heterocycles. The van der Waals surface area contributed by atoms with Gasteiger partial charge in [-0.1, -0.05) is 12.1 Å². The molecule has 1 saturated carbocycles. The van der Waals surface area contributed by atoms with E-state index in [1.54, 1.807) is 19.1 Å². The second-order valence-electron chi connectivity index (χ2n) is 5.64. The summed E-state index contributed by atoms with van der Waals surface area (Å²) in [5.74, 6) is -2.31. The largest absolute Gasteiger partial charge is 0.481 e. The van der Waals surface area contributed by atoms with Crippen molar-refractivity contribution < 1.29 is 23.1 Å². The minimum absolute atomic E-state index is 0.146. The summed E-state index contributed by atoms with van der Waals surface area (Å²) in [6.07, 6.45) is 1.10. The van der Waals surface area contributed by atoms with Crippen LogP contribution >= 0.6 is 0 Å². The number of sulfonamides is 1. The summed E-state index contributed by atoms with van der Waals surface area (Å²) in [6.45, 7) is 1.77. The normalized spacial score (nSPS) is 22.0. The van der Waals surface area contributed by atoms with Crippen molar-refractivity contribution in [2.45, 2.75) is 30.7 Å². The van der Waals surface area contributed by atoms with Crippen LogP contribution in [0.25, 0.3) is 0 Å². The third-order valence-corrected chi connectivity index (χ3v) is 5.68.